The molecular formula is C13H18O3. The lowest BCUT2D eigenvalue weighted by molar-refractivity contribution is 0.210. The van der Waals surface area contributed by atoms with E-state index in [2.05, 4.69) is 0 Å². The van der Waals surface area contributed by atoms with Crippen LogP contribution in [0.4, 0.5) is 0 Å². The Balaban J connectivity index is 2.26. The number of hydrogen-bond donors (Lipinski definition) is 1. The molecule has 0 aromatic heterocycles. The molecule has 1 aliphatic rings. The maximum Gasteiger partial charge on any atom is 0.163 e. The molecule has 0 spiro atoms. The summed E-state index contributed by atoms with van der Waals surface area (Å²) in [5.41, 5.74) is 1.22. The van der Waals surface area contributed by atoms with E-state index in [9.17, 15) is 5.11 Å². The molecule has 0 unspecified atom stereocenters. The molecule has 0 aliphatic heterocycles. The molecule has 0 radical (unpaired) electrons. The summed E-state index contributed by atoms with van der Waals surface area (Å²) in [4.78, 5) is 0. The molecule has 1 aromatic rings. The Bertz CT molecular complexity index is 369. The highest BCUT2D eigenvalue weighted by Gasteiger charge is 2.42. The van der Waals surface area contributed by atoms with E-state index in [1.807, 2.05) is 18.2 Å². The molecule has 16 heavy (non-hydrogen) atoms. The summed E-state index contributed by atoms with van der Waals surface area (Å²) in [7, 11) is 3.29. The highest BCUT2D eigenvalue weighted by atomic mass is 16.5. The van der Waals surface area contributed by atoms with E-state index in [-0.39, 0.29) is 12.0 Å². The van der Waals surface area contributed by atoms with Crippen LogP contribution < -0.4 is 9.47 Å². The van der Waals surface area contributed by atoms with Crippen molar-refractivity contribution in [3.05, 3.63) is 23.8 Å². The van der Waals surface area contributed by atoms with Gasteiger partial charge in [0.05, 0.1) is 14.2 Å². The molecule has 0 heterocycles. The second kappa shape index (κ2) is 4.34. The fraction of sp³-hybridized carbons (Fsp3) is 0.538. The van der Waals surface area contributed by atoms with E-state index >= 15 is 0 Å². The van der Waals surface area contributed by atoms with Crippen molar-refractivity contribution in [2.75, 3.05) is 20.8 Å². The van der Waals surface area contributed by atoms with Crippen LogP contribution in [0.3, 0.4) is 0 Å². The van der Waals surface area contributed by atoms with Gasteiger partial charge in [-0.25, -0.2) is 0 Å². The summed E-state index contributed by atoms with van der Waals surface area (Å²) in [5, 5.41) is 9.34. The number of ether oxygens (including phenoxy) is 2. The normalized spacial score (nSPS) is 16.9. The molecule has 2 rings (SSSR count). The van der Waals surface area contributed by atoms with E-state index in [1.165, 1.54) is 0 Å². The number of aliphatic hydroxyl groups excluding tert-OH is 1. The third-order valence-electron chi connectivity index (χ3n) is 3.34. The highest BCUT2D eigenvalue weighted by Crippen LogP contribution is 2.49. The summed E-state index contributed by atoms with van der Waals surface area (Å²) in [6, 6.07) is 5.89. The second-order valence-electron chi connectivity index (χ2n) is 4.49. The van der Waals surface area contributed by atoms with Crippen molar-refractivity contribution in [2.45, 2.75) is 19.3 Å². The summed E-state index contributed by atoms with van der Waals surface area (Å²) in [6.45, 7) is 0.257. The average Bonchev–Trinajstić information content (AvgIpc) is 3.09. The fourth-order valence-corrected chi connectivity index (χ4v) is 2.06. The molecule has 1 saturated carbocycles. The predicted molar refractivity (Wildman–Crippen MR) is 62.0 cm³/mol. The van der Waals surface area contributed by atoms with Gasteiger partial charge >= 0.3 is 0 Å². The van der Waals surface area contributed by atoms with Gasteiger partial charge in [0.25, 0.3) is 0 Å². The lowest BCUT2D eigenvalue weighted by atomic mass is 9.96. The maximum atomic E-state index is 9.34. The van der Waals surface area contributed by atoms with Gasteiger partial charge in [-0.05, 0) is 36.3 Å². The largest absolute Gasteiger partial charge is 0.493 e. The smallest absolute Gasteiger partial charge is 0.163 e. The van der Waals surface area contributed by atoms with Gasteiger partial charge in [0.15, 0.2) is 11.5 Å². The van der Waals surface area contributed by atoms with Gasteiger partial charge in [-0.1, -0.05) is 12.1 Å². The standard InChI is InChI=1S/C13H18O3/c1-15-11-5-3-4-10(12(11)16-2)8-13(9-14)6-7-13/h3-5,14H,6-9H2,1-2H3. The Morgan fingerprint density at radius 3 is 2.50 bits per heavy atom. The molecule has 0 atom stereocenters. The minimum atomic E-state index is 0.0969. The van der Waals surface area contributed by atoms with Gasteiger partial charge in [-0.15, -0.1) is 0 Å². The van der Waals surface area contributed by atoms with Crippen molar-refractivity contribution in [2.24, 2.45) is 5.41 Å². The SMILES string of the molecule is COc1cccc(CC2(CO)CC2)c1OC. The monoisotopic (exact) mass is 222 g/mol. The zero-order valence-electron chi connectivity index (χ0n) is 9.82. The van der Waals surface area contributed by atoms with Gasteiger partial charge in [0.1, 0.15) is 0 Å². The fourth-order valence-electron chi connectivity index (χ4n) is 2.06. The Morgan fingerprint density at radius 2 is 2.00 bits per heavy atom. The first-order valence-electron chi connectivity index (χ1n) is 5.55. The Morgan fingerprint density at radius 1 is 1.25 bits per heavy atom. The number of methoxy groups -OCH3 is 2. The van der Waals surface area contributed by atoms with Crippen LogP contribution in [0, 0.1) is 5.41 Å². The van der Waals surface area contributed by atoms with Crippen LogP contribution >= 0.6 is 0 Å². The average molecular weight is 222 g/mol. The minimum absolute atomic E-state index is 0.0969. The number of aliphatic hydroxyl groups is 1. The molecule has 0 amide bonds. The molecule has 0 saturated heterocycles. The van der Waals surface area contributed by atoms with Crippen molar-refractivity contribution in [1.29, 1.82) is 0 Å². The van der Waals surface area contributed by atoms with Crippen LogP contribution in [-0.2, 0) is 6.42 Å². The topological polar surface area (TPSA) is 38.7 Å². The summed E-state index contributed by atoms with van der Waals surface area (Å²) < 4.78 is 10.6. The first-order valence-corrected chi connectivity index (χ1v) is 5.55. The van der Waals surface area contributed by atoms with Gasteiger partial charge in [0, 0.05) is 6.61 Å². The second-order valence-corrected chi connectivity index (χ2v) is 4.49. The lowest BCUT2D eigenvalue weighted by Gasteiger charge is -2.16. The molecule has 1 aliphatic carbocycles. The van der Waals surface area contributed by atoms with E-state index in [1.54, 1.807) is 14.2 Å². The summed E-state index contributed by atoms with van der Waals surface area (Å²) >= 11 is 0. The van der Waals surface area contributed by atoms with Crippen LogP contribution in [0.2, 0.25) is 0 Å². The summed E-state index contributed by atoms with van der Waals surface area (Å²) in [5.74, 6) is 1.55. The summed E-state index contributed by atoms with van der Waals surface area (Å²) in [6.07, 6.45) is 3.07. The molecule has 3 heteroatoms. The van der Waals surface area contributed by atoms with E-state index in [4.69, 9.17) is 9.47 Å². The third-order valence-corrected chi connectivity index (χ3v) is 3.34. The van der Waals surface area contributed by atoms with Gasteiger partial charge < -0.3 is 14.6 Å². The number of rotatable bonds is 5. The molecular weight excluding hydrogens is 204 g/mol. The van der Waals surface area contributed by atoms with E-state index in [0.29, 0.717) is 0 Å². The molecule has 0 bridgehead atoms. The van der Waals surface area contributed by atoms with Crippen molar-refractivity contribution in [3.63, 3.8) is 0 Å². The van der Waals surface area contributed by atoms with Crippen molar-refractivity contribution in [1.82, 2.24) is 0 Å². The van der Waals surface area contributed by atoms with Crippen molar-refractivity contribution >= 4 is 0 Å². The maximum absolute atomic E-state index is 9.34. The molecule has 1 aromatic carbocycles. The molecule has 1 fully saturated rings. The Labute approximate surface area is 96.0 Å². The van der Waals surface area contributed by atoms with Gasteiger partial charge in [0.2, 0.25) is 0 Å². The van der Waals surface area contributed by atoms with E-state index in [0.717, 1.165) is 36.3 Å². The highest BCUT2D eigenvalue weighted by molar-refractivity contribution is 5.47. The van der Waals surface area contributed by atoms with Gasteiger partial charge in [-0.2, -0.15) is 0 Å². The third kappa shape index (κ3) is 2.00. The van der Waals surface area contributed by atoms with Crippen LogP contribution in [0.5, 0.6) is 11.5 Å². The van der Waals surface area contributed by atoms with Crippen LogP contribution in [0.15, 0.2) is 18.2 Å². The first-order chi connectivity index (χ1) is 7.74. The van der Waals surface area contributed by atoms with Crippen LogP contribution in [-0.4, -0.2) is 25.9 Å². The minimum Gasteiger partial charge on any atom is -0.493 e. The van der Waals surface area contributed by atoms with Gasteiger partial charge in [-0.3, -0.25) is 0 Å². The van der Waals surface area contributed by atoms with Crippen molar-refractivity contribution < 1.29 is 14.6 Å². The lowest BCUT2D eigenvalue weighted by Crippen LogP contribution is -2.11. The number of hydrogen-bond acceptors (Lipinski definition) is 3. The van der Waals surface area contributed by atoms with Crippen LogP contribution in [0.1, 0.15) is 18.4 Å². The number of para-hydroxylation sites is 1. The Kier molecular flexibility index (Phi) is 3.06. The first kappa shape index (κ1) is 11.3. The quantitative estimate of drug-likeness (QED) is 0.828. The molecule has 1 N–H and O–H groups in total. The van der Waals surface area contributed by atoms with E-state index < -0.39 is 0 Å². The predicted octanol–water partition coefficient (Wildman–Crippen LogP) is 2.02. The zero-order chi connectivity index (χ0) is 11.6. The zero-order valence-corrected chi connectivity index (χ0v) is 9.82. The molecule has 3 nitrogen and oxygen atoms in total. The number of benzene rings is 1. The Hall–Kier alpha value is -1.22. The molecule has 88 valence electrons. The van der Waals surface area contributed by atoms with Crippen LogP contribution in [0.25, 0.3) is 0 Å². The van der Waals surface area contributed by atoms with Crippen molar-refractivity contribution in [3.8, 4) is 11.5 Å².